The van der Waals surface area contributed by atoms with Crippen LogP contribution in [0.3, 0.4) is 0 Å². The van der Waals surface area contributed by atoms with Gasteiger partial charge in [-0.15, -0.1) is 0 Å². The second kappa shape index (κ2) is 7.28. The molecule has 1 aliphatic heterocycles. The maximum Gasteiger partial charge on any atom is 0.338 e. The number of carbonyl (C=O) groups is 3. The third kappa shape index (κ3) is 3.78. The van der Waals surface area contributed by atoms with Crippen molar-refractivity contribution >= 4 is 41.1 Å². The van der Waals surface area contributed by atoms with Crippen molar-refractivity contribution in [3.05, 3.63) is 35.4 Å². The predicted molar refractivity (Wildman–Crippen MR) is 97.9 cm³/mol. The van der Waals surface area contributed by atoms with Gasteiger partial charge in [0, 0.05) is 12.1 Å². The minimum atomic E-state index is -0.862. The van der Waals surface area contributed by atoms with Gasteiger partial charge in [-0.25, -0.2) is 4.79 Å². The van der Waals surface area contributed by atoms with E-state index in [2.05, 4.69) is 20.6 Å². The second-order valence-corrected chi connectivity index (χ2v) is 5.82. The minimum Gasteiger partial charge on any atom is -0.462 e. The van der Waals surface area contributed by atoms with Gasteiger partial charge in [0.1, 0.15) is 11.6 Å². The highest BCUT2D eigenvalue weighted by atomic mass is 16.5. The number of nitrogens with zero attached hydrogens (tertiary/aromatic N) is 2. The topological polar surface area (TPSA) is 162 Å². The molecule has 0 radical (unpaired) electrons. The summed E-state index contributed by atoms with van der Waals surface area (Å²) in [6.45, 7) is 1.99. The van der Waals surface area contributed by atoms with Crippen LogP contribution in [0.4, 0.5) is 23.3 Å². The molecule has 0 fully saturated rings. The first-order valence-corrected chi connectivity index (χ1v) is 8.19. The van der Waals surface area contributed by atoms with E-state index >= 15 is 0 Å². The zero-order valence-electron chi connectivity index (χ0n) is 14.5. The Hall–Kier alpha value is -3.69. The number of ether oxygens (including phenoxy) is 1. The van der Waals surface area contributed by atoms with E-state index in [0.29, 0.717) is 16.8 Å². The van der Waals surface area contributed by atoms with Crippen LogP contribution >= 0.6 is 0 Å². The highest BCUT2D eigenvalue weighted by molar-refractivity contribution is 6.05. The lowest BCUT2D eigenvalue weighted by molar-refractivity contribution is -0.123. The molecule has 2 aromatic rings. The van der Waals surface area contributed by atoms with E-state index in [1.54, 1.807) is 19.1 Å². The molecule has 1 aromatic heterocycles. The van der Waals surface area contributed by atoms with Crippen LogP contribution in [-0.4, -0.2) is 34.4 Å². The average Bonchev–Trinajstić information content (AvgIpc) is 2.61. The van der Waals surface area contributed by atoms with E-state index in [4.69, 9.17) is 16.2 Å². The number of anilines is 4. The smallest absolute Gasteiger partial charge is 0.338 e. The number of hydrogen-bond acceptors (Lipinski definition) is 8. The number of fused-ring (bicyclic) bond motifs is 1. The SMILES string of the molecule is CCOC(=O)c1ccc(NC(=O)C2CC(=O)Nc3nc(N)nc(N)c32)cc1. The van der Waals surface area contributed by atoms with Crippen molar-refractivity contribution in [1.82, 2.24) is 9.97 Å². The van der Waals surface area contributed by atoms with Crippen LogP contribution in [0.1, 0.15) is 35.2 Å². The Morgan fingerprint density at radius 3 is 2.63 bits per heavy atom. The standard InChI is InChI=1S/C17H18N6O4/c1-2-27-16(26)8-3-5-9(6-4-8)20-15(25)10-7-11(24)21-14-12(10)13(18)22-17(19)23-14/h3-6,10H,2,7H2,1H3,(H,20,25)(H5,18,19,21,22,23,24). The van der Waals surface area contributed by atoms with Crippen molar-refractivity contribution in [1.29, 1.82) is 0 Å². The van der Waals surface area contributed by atoms with E-state index < -0.39 is 17.8 Å². The van der Waals surface area contributed by atoms with Crippen LogP contribution in [0.15, 0.2) is 24.3 Å². The third-order valence-corrected chi connectivity index (χ3v) is 3.97. The van der Waals surface area contributed by atoms with Crippen LogP contribution in [0.5, 0.6) is 0 Å². The van der Waals surface area contributed by atoms with Crippen molar-refractivity contribution in [2.45, 2.75) is 19.3 Å². The van der Waals surface area contributed by atoms with Crippen molar-refractivity contribution in [3.8, 4) is 0 Å². The third-order valence-electron chi connectivity index (χ3n) is 3.97. The molecule has 0 bridgehead atoms. The van der Waals surface area contributed by atoms with Crippen molar-refractivity contribution < 1.29 is 19.1 Å². The molecule has 10 nitrogen and oxygen atoms in total. The van der Waals surface area contributed by atoms with E-state index in [0.717, 1.165) is 0 Å². The number of aromatic nitrogens is 2. The Labute approximate surface area is 154 Å². The quantitative estimate of drug-likeness (QED) is 0.576. The van der Waals surface area contributed by atoms with Crippen LogP contribution in [0.25, 0.3) is 0 Å². The van der Waals surface area contributed by atoms with Crippen LogP contribution in [0, 0.1) is 0 Å². The van der Waals surface area contributed by atoms with Gasteiger partial charge >= 0.3 is 5.97 Å². The normalized spacial score (nSPS) is 15.4. The molecule has 140 valence electrons. The minimum absolute atomic E-state index is 0.0373. The van der Waals surface area contributed by atoms with Crippen LogP contribution < -0.4 is 22.1 Å². The molecular formula is C17H18N6O4. The lowest BCUT2D eigenvalue weighted by Crippen LogP contribution is -2.32. The number of hydrogen-bond donors (Lipinski definition) is 4. The molecule has 0 saturated heterocycles. The fourth-order valence-electron chi connectivity index (χ4n) is 2.77. The highest BCUT2D eigenvalue weighted by Crippen LogP contribution is 2.35. The van der Waals surface area contributed by atoms with Crippen molar-refractivity contribution in [2.24, 2.45) is 0 Å². The number of benzene rings is 1. The lowest BCUT2D eigenvalue weighted by atomic mass is 9.92. The number of carbonyl (C=O) groups excluding carboxylic acids is 3. The molecule has 6 N–H and O–H groups in total. The summed E-state index contributed by atoms with van der Waals surface area (Å²) in [5.41, 5.74) is 12.6. The van der Waals surface area contributed by atoms with Crippen LogP contribution in [-0.2, 0) is 14.3 Å². The Morgan fingerprint density at radius 1 is 1.26 bits per heavy atom. The van der Waals surface area contributed by atoms with Gasteiger partial charge in [-0.2, -0.15) is 9.97 Å². The maximum absolute atomic E-state index is 12.7. The molecule has 27 heavy (non-hydrogen) atoms. The van der Waals surface area contributed by atoms with Gasteiger partial charge in [0.15, 0.2) is 0 Å². The fraction of sp³-hybridized carbons (Fsp3) is 0.235. The number of esters is 1. The second-order valence-electron chi connectivity index (χ2n) is 5.82. The van der Waals surface area contributed by atoms with Gasteiger partial charge in [-0.1, -0.05) is 0 Å². The summed E-state index contributed by atoms with van der Waals surface area (Å²) in [4.78, 5) is 44.1. The van der Waals surface area contributed by atoms with Gasteiger partial charge in [0.2, 0.25) is 17.8 Å². The summed E-state index contributed by atoms with van der Waals surface area (Å²) in [5, 5.41) is 5.24. The summed E-state index contributed by atoms with van der Waals surface area (Å²) in [6, 6.07) is 6.20. The molecule has 2 amide bonds. The molecule has 1 unspecified atom stereocenters. The summed E-state index contributed by atoms with van der Waals surface area (Å²) < 4.78 is 4.91. The molecule has 3 rings (SSSR count). The molecule has 0 spiro atoms. The van der Waals surface area contributed by atoms with Crippen molar-refractivity contribution in [3.63, 3.8) is 0 Å². The summed E-state index contributed by atoms with van der Waals surface area (Å²) in [7, 11) is 0. The molecule has 2 heterocycles. The van der Waals surface area contributed by atoms with Gasteiger partial charge in [-0.05, 0) is 31.2 Å². The molecule has 1 aliphatic rings. The summed E-state index contributed by atoms with van der Waals surface area (Å²) in [5.74, 6) is -2.06. The largest absolute Gasteiger partial charge is 0.462 e. The summed E-state index contributed by atoms with van der Waals surface area (Å²) >= 11 is 0. The number of nitrogens with one attached hydrogen (secondary N) is 2. The molecule has 1 aromatic carbocycles. The Morgan fingerprint density at radius 2 is 1.96 bits per heavy atom. The molecule has 0 saturated carbocycles. The Kier molecular flexibility index (Phi) is 4.88. The number of rotatable bonds is 4. The van der Waals surface area contributed by atoms with Crippen LogP contribution in [0.2, 0.25) is 0 Å². The Bertz CT molecular complexity index is 912. The van der Waals surface area contributed by atoms with E-state index in [-0.39, 0.29) is 36.5 Å². The molecule has 10 heteroatoms. The van der Waals surface area contributed by atoms with Gasteiger partial charge in [0.05, 0.1) is 23.7 Å². The first kappa shape index (κ1) is 18.1. The number of amides is 2. The average molecular weight is 370 g/mol. The van der Waals surface area contributed by atoms with Gasteiger partial charge in [0.25, 0.3) is 0 Å². The fourth-order valence-corrected chi connectivity index (χ4v) is 2.77. The van der Waals surface area contributed by atoms with Gasteiger partial charge < -0.3 is 26.8 Å². The van der Waals surface area contributed by atoms with Gasteiger partial charge in [-0.3, -0.25) is 9.59 Å². The lowest BCUT2D eigenvalue weighted by Gasteiger charge is -2.25. The maximum atomic E-state index is 12.7. The van der Waals surface area contributed by atoms with E-state index in [1.165, 1.54) is 12.1 Å². The Balaban J connectivity index is 1.81. The number of nitrogen functional groups attached to an aromatic ring is 2. The molecule has 1 atom stereocenters. The zero-order chi connectivity index (χ0) is 19.6. The number of nitrogens with two attached hydrogens (primary N) is 2. The van der Waals surface area contributed by atoms with Crippen molar-refractivity contribution in [2.75, 3.05) is 28.7 Å². The van der Waals surface area contributed by atoms with E-state index in [1.807, 2.05) is 0 Å². The first-order chi connectivity index (χ1) is 12.9. The monoisotopic (exact) mass is 370 g/mol. The molecule has 0 aliphatic carbocycles. The summed E-state index contributed by atoms with van der Waals surface area (Å²) in [6.07, 6.45) is -0.1000. The van der Waals surface area contributed by atoms with E-state index in [9.17, 15) is 14.4 Å². The first-order valence-electron chi connectivity index (χ1n) is 8.19. The molecular weight excluding hydrogens is 352 g/mol. The highest BCUT2D eigenvalue weighted by Gasteiger charge is 2.34. The zero-order valence-corrected chi connectivity index (χ0v) is 14.5. The predicted octanol–water partition coefficient (Wildman–Crippen LogP) is 0.882.